The Morgan fingerprint density at radius 1 is 1.17 bits per heavy atom. The molecular weight excluding hydrogens is 429 g/mol. The number of thiazole rings is 1. The molecule has 1 unspecified atom stereocenters. The predicted molar refractivity (Wildman–Crippen MR) is 118 cm³/mol. The molecule has 0 radical (unpaired) electrons. The minimum absolute atomic E-state index is 0.102. The number of hydrogen-bond donors (Lipinski definition) is 1. The van der Waals surface area contributed by atoms with Gasteiger partial charge >= 0.3 is 0 Å². The summed E-state index contributed by atoms with van der Waals surface area (Å²) in [4.78, 5) is 30.9. The molecule has 0 saturated carbocycles. The molecule has 1 atom stereocenters. The van der Waals surface area contributed by atoms with Crippen molar-refractivity contribution in [2.45, 2.75) is 19.4 Å². The SMILES string of the molecule is CC(c1ccc(Cl)cc1Cl)N(C)C(=O)Cc1csc(NC(=O)c2ccccc2)n1. The van der Waals surface area contributed by atoms with Crippen molar-refractivity contribution in [1.82, 2.24) is 9.88 Å². The molecule has 0 saturated heterocycles. The Kier molecular flexibility index (Phi) is 6.90. The highest BCUT2D eigenvalue weighted by Gasteiger charge is 2.21. The molecular formula is C21H19Cl2N3O2S. The molecule has 29 heavy (non-hydrogen) atoms. The lowest BCUT2D eigenvalue weighted by molar-refractivity contribution is -0.131. The zero-order valence-electron chi connectivity index (χ0n) is 15.9. The fraction of sp³-hybridized carbons (Fsp3) is 0.190. The van der Waals surface area contributed by atoms with Crippen LogP contribution in [0.25, 0.3) is 0 Å². The standard InChI is InChI=1S/C21H19Cl2N3O2S/c1-13(17-9-8-15(22)10-18(17)23)26(2)19(27)11-16-12-29-21(24-16)25-20(28)14-6-4-3-5-7-14/h3-10,12-13H,11H2,1-2H3,(H,24,25,28). The molecule has 2 aromatic carbocycles. The van der Waals surface area contributed by atoms with Crippen molar-refractivity contribution in [2.24, 2.45) is 0 Å². The van der Waals surface area contributed by atoms with E-state index in [0.717, 1.165) is 5.56 Å². The second kappa shape index (κ2) is 9.39. The molecule has 0 aliphatic heterocycles. The molecule has 3 rings (SSSR count). The van der Waals surface area contributed by atoms with E-state index in [1.165, 1.54) is 11.3 Å². The van der Waals surface area contributed by atoms with Crippen LogP contribution < -0.4 is 5.32 Å². The van der Waals surface area contributed by atoms with Crippen LogP contribution in [0.5, 0.6) is 0 Å². The van der Waals surface area contributed by atoms with Gasteiger partial charge in [-0.15, -0.1) is 11.3 Å². The maximum absolute atomic E-state index is 12.7. The summed E-state index contributed by atoms with van der Waals surface area (Å²) in [5.41, 5.74) is 1.97. The van der Waals surface area contributed by atoms with Crippen molar-refractivity contribution < 1.29 is 9.59 Å². The summed E-state index contributed by atoms with van der Waals surface area (Å²) in [6.45, 7) is 1.90. The molecule has 0 spiro atoms. The van der Waals surface area contributed by atoms with E-state index in [1.54, 1.807) is 53.7 Å². The van der Waals surface area contributed by atoms with Crippen LogP contribution in [0.4, 0.5) is 5.13 Å². The Morgan fingerprint density at radius 2 is 1.90 bits per heavy atom. The van der Waals surface area contributed by atoms with Gasteiger partial charge in [0.25, 0.3) is 5.91 Å². The van der Waals surface area contributed by atoms with Crippen molar-refractivity contribution in [1.29, 1.82) is 0 Å². The van der Waals surface area contributed by atoms with E-state index in [9.17, 15) is 9.59 Å². The normalized spacial score (nSPS) is 11.7. The van der Waals surface area contributed by atoms with Crippen molar-refractivity contribution in [2.75, 3.05) is 12.4 Å². The number of amides is 2. The third kappa shape index (κ3) is 5.35. The molecule has 0 bridgehead atoms. The third-order valence-corrected chi connectivity index (χ3v) is 5.90. The van der Waals surface area contributed by atoms with Gasteiger partial charge in [0.15, 0.2) is 5.13 Å². The maximum atomic E-state index is 12.7. The number of likely N-dealkylation sites (N-methyl/N-ethyl adjacent to an activating group) is 1. The quantitative estimate of drug-likeness (QED) is 0.545. The van der Waals surface area contributed by atoms with E-state index in [2.05, 4.69) is 10.3 Å². The minimum Gasteiger partial charge on any atom is -0.339 e. The van der Waals surface area contributed by atoms with Gasteiger partial charge in [0.1, 0.15) is 0 Å². The molecule has 1 heterocycles. The Morgan fingerprint density at radius 3 is 2.59 bits per heavy atom. The average Bonchev–Trinajstić information content (AvgIpc) is 3.14. The van der Waals surface area contributed by atoms with Crippen LogP contribution in [0.1, 0.15) is 34.6 Å². The highest BCUT2D eigenvalue weighted by molar-refractivity contribution is 7.14. The second-order valence-electron chi connectivity index (χ2n) is 6.49. The number of anilines is 1. The van der Waals surface area contributed by atoms with Gasteiger partial charge in [-0.2, -0.15) is 0 Å². The molecule has 0 fully saturated rings. The van der Waals surface area contributed by atoms with Gasteiger partial charge in [-0.3, -0.25) is 14.9 Å². The van der Waals surface area contributed by atoms with Crippen molar-refractivity contribution in [3.8, 4) is 0 Å². The highest BCUT2D eigenvalue weighted by atomic mass is 35.5. The molecule has 8 heteroatoms. The smallest absolute Gasteiger partial charge is 0.257 e. The molecule has 3 aromatic rings. The van der Waals surface area contributed by atoms with Crippen molar-refractivity contribution in [3.05, 3.63) is 80.8 Å². The maximum Gasteiger partial charge on any atom is 0.257 e. The van der Waals surface area contributed by atoms with Gasteiger partial charge in [0.2, 0.25) is 5.91 Å². The number of benzene rings is 2. The third-order valence-electron chi connectivity index (χ3n) is 4.53. The number of aromatic nitrogens is 1. The van der Waals surface area contributed by atoms with E-state index in [0.29, 0.717) is 26.4 Å². The second-order valence-corrected chi connectivity index (χ2v) is 8.19. The van der Waals surface area contributed by atoms with Gasteiger partial charge in [-0.1, -0.05) is 47.5 Å². The number of nitrogens with zero attached hydrogens (tertiary/aromatic N) is 2. The number of hydrogen-bond acceptors (Lipinski definition) is 4. The van der Waals surface area contributed by atoms with E-state index in [-0.39, 0.29) is 24.3 Å². The predicted octanol–water partition coefficient (Wildman–Crippen LogP) is 5.46. The van der Waals surface area contributed by atoms with E-state index < -0.39 is 0 Å². The monoisotopic (exact) mass is 447 g/mol. The van der Waals surface area contributed by atoms with E-state index in [1.807, 2.05) is 19.1 Å². The first-order valence-electron chi connectivity index (χ1n) is 8.86. The fourth-order valence-corrected chi connectivity index (χ4v) is 4.02. The summed E-state index contributed by atoms with van der Waals surface area (Å²) in [5.74, 6) is -0.337. The van der Waals surface area contributed by atoms with Gasteiger partial charge in [-0.25, -0.2) is 4.98 Å². The molecule has 0 aliphatic rings. The number of halogens is 2. The molecule has 150 valence electrons. The summed E-state index contributed by atoms with van der Waals surface area (Å²) in [7, 11) is 1.72. The highest BCUT2D eigenvalue weighted by Crippen LogP contribution is 2.29. The van der Waals surface area contributed by atoms with Crippen LogP contribution in [0, 0.1) is 0 Å². The molecule has 2 amide bonds. The van der Waals surface area contributed by atoms with Crippen LogP contribution in [0.3, 0.4) is 0 Å². The lowest BCUT2D eigenvalue weighted by atomic mass is 10.1. The van der Waals surface area contributed by atoms with Crippen LogP contribution in [0.15, 0.2) is 53.9 Å². The number of rotatable bonds is 6. The fourth-order valence-electron chi connectivity index (χ4n) is 2.75. The first kappa shape index (κ1) is 21.3. The molecule has 1 N–H and O–H groups in total. The van der Waals surface area contributed by atoms with Gasteiger partial charge < -0.3 is 4.90 Å². The average molecular weight is 448 g/mol. The van der Waals surface area contributed by atoms with Crippen molar-refractivity contribution >= 4 is 51.5 Å². The van der Waals surface area contributed by atoms with Crippen LogP contribution in [-0.2, 0) is 11.2 Å². The van der Waals surface area contributed by atoms with Gasteiger partial charge in [-0.05, 0) is 36.8 Å². The summed E-state index contributed by atoms with van der Waals surface area (Å²) >= 11 is 13.5. The van der Waals surface area contributed by atoms with E-state index in [4.69, 9.17) is 23.2 Å². The Hall–Kier alpha value is -2.41. The summed E-state index contributed by atoms with van der Waals surface area (Å²) in [6, 6.07) is 13.9. The molecule has 5 nitrogen and oxygen atoms in total. The van der Waals surface area contributed by atoms with Crippen LogP contribution in [0.2, 0.25) is 10.0 Å². The lowest BCUT2D eigenvalue weighted by Crippen LogP contribution is -2.31. The Balaban J connectivity index is 1.62. The summed E-state index contributed by atoms with van der Waals surface area (Å²) < 4.78 is 0. The number of carbonyl (C=O) groups excluding carboxylic acids is 2. The van der Waals surface area contributed by atoms with Gasteiger partial charge in [0.05, 0.1) is 18.2 Å². The lowest BCUT2D eigenvalue weighted by Gasteiger charge is -2.26. The minimum atomic E-state index is -0.235. The van der Waals surface area contributed by atoms with Crippen molar-refractivity contribution in [3.63, 3.8) is 0 Å². The molecule has 0 aliphatic carbocycles. The Bertz CT molecular complexity index is 1020. The zero-order chi connectivity index (χ0) is 21.0. The van der Waals surface area contributed by atoms with Crippen LogP contribution in [-0.4, -0.2) is 28.7 Å². The summed E-state index contributed by atoms with van der Waals surface area (Å²) in [6.07, 6.45) is 0.129. The number of carbonyl (C=O) groups is 2. The number of nitrogens with one attached hydrogen (secondary N) is 1. The topological polar surface area (TPSA) is 62.3 Å². The largest absolute Gasteiger partial charge is 0.339 e. The first-order valence-corrected chi connectivity index (χ1v) is 10.5. The van der Waals surface area contributed by atoms with Crippen LogP contribution >= 0.6 is 34.5 Å². The van der Waals surface area contributed by atoms with Gasteiger partial charge in [0, 0.05) is 28.0 Å². The zero-order valence-corrected chi connectivity index (χ0v) is 18.2. The van der Waals surface area contributed by atoms with E-state index >= 15 is 0 Å². The molecule has 1 aromatic heterocycles. The summed E-state index contributed by atoms with van der Waals surface area (Å²) in [5, 5.41) is 6.05. The first-order chi connectivity index (χ1) is 13.8. The Labute approximate surface area is 183 Å².